The molecule has 6 rings (SSSR count). The summed E-state index contributed by atoms with van der Waals surface area (Å²) in [5.74, 6) is -3.11. The Kier molecular flexibility index (Phi) is 6.98. The van der Waals surface area contributed by atoms with E-state index in [9.17, 15) is 24.0 Å². The fourth-order valence-corrected chi connectivity index (χ4v) is 7.03. The van der Waals surface area contributed by atoms with E-state index < -0.39 is 47.9 Å². The van der Waals surface area contributed by atoms with E-state index in [1.807, 2.05) is 0 Å². The van der Waals surface area contributed by atoms with Crippen molar-refractivity contribution in [2.45, 2.75) is 19.3 Å². The SMILES string of the molecule is O=C(CN(C(=O)c1ccc(Cl)c(Cl)c1)N1C(=O)[C@H]2[C@H]3CC[C@@H](C3)[C@@H]2C1=O)c1ccc(OC(=O)c2cccs2)cc1. The number of esters is 1. The van der Waals surface area contributed by atoms with Crippen molar-refractivity contribution in [3.05, 3.63) is 86.0 Å². The Labute approximate surface area is 243 Å². The van der Waals surface area contributed by atoms with Crippen LogP contribution in [0.25, 0.3) is 0 Å². The Hall–Kier alpha value is -3.53. The highest BCUT2D eigenvalue weighted by Gasteiger charge is 2.62. The van der Waals surface area contributed by atoms with Crippen LogP contribution in [0.4, 0.5) is 0 Å². The fraction of sp³-hybridized carbons (Fsp3) is 0.276. The maximum absolute atomic E-state index is 13.7. The van der Waals surface area contributed by atoms with Crippen molar-refractivity contribution in [2.24, 2.45) is 23.7 Å². The molecule has 0 spiro atoms. The number of benzene rings is 2. The molecule has 0 N–H and O–H groups in total. The van der Waals surface area contributed by atoms with E-state index in [1.165, 1.54) is 53.8 Å². The van der Waals surface area contributed by atoms with Crippen LogP contribution < -0.4 is 4.74 Å². The minimum Gasteiger partial charge on any atom is -0.422 e. The number of imide groups is 1. The van der Waals surface area contributed by atoms with Gasteiger partial charge >= 0.3 is 5.97 Å². The van der Waals surface area contributed by atoms with Crippen molar-refractivity contribution in [3.63, 3.8) is 0 Å². The molecule has 2 aliphatic carbocycles. The number of hydrazine groups is 1. The lowest BCUT2D eigenvalue weighted by Gasteiger charge is -2.31. The van der Waals surface area contributed by atoms with Gasteiger partial charge in [0.25, 0.3) is 17.7 Å². The number of carbonyl (C=O) groups excluding carboxylic acids is 5. The number of ketones is 1. The number of fused-ring (bicyclic) bond motifs is 5. The molecule has 0 unspecified atom stereocenters. The monoisotopic (exact) mass is 596 g/mol. The summed E-state index contributed by atoms with van der Waals surface area (Å²) in [7, 11) is 0. The number of carbonyl (C=O) groups is 5. The Morgan fingerprint density at radius 2 is 1.55 bits per heavy atom. The second-order valence-corrected chi connectivity index (χ2v) is 11.9. The van der Waals surface area contributed by atoms with Gasteiger partial charge in [0.15, 0.2) is 5.78 Å². The molecule has 3 fully saturated rings. The first-order valence-electron chi connectivity index (χ1n) is 12.8. The summed E-state index contributed by atoms with van der Waals surface area (Å²) in [6, 6.07) is 13.5. The number of nitrogens with zero attached hydrogens (tertiary/aromatic N) is 2. The molecule has 2 aromatic carbocycles. The first kappa shape index (κ1) is 26.7. The number of amides is 3. The zero-order valence-corrected chi connectivity index (χ0v) is 23.2. The van der Waals surface area contributed by atoms with Crippen LogP contribution in [0, 0.1) is 23.7 Å². The Balaban J connectivity index is 1.26. The zero-order valence-electron chi connectivity index (χ0n) is 20.9. The van der Waals surface area contributed by atoms with Crippen LogP contribution in [0.3, 0.4) is 0 Å². The quantitative estimate of drug-likeness (QED) is 0.153. The lowest BCUT2D eigenvalue weighted by molar-refractivity contribution is -0.155. The standard InChI is InChI=1S/C29H22Cl2N2O6S/c30-20-10-7-18(13-21(20)31)26(35)32(33-27(36)24-16-3-4-17(12-16)25(24)28(33)37)14-22(34)15-5-8-19(9-6-15)39-29(38)23-2-1-11-40-23/h1-2,5-11,13,16-17,24-25H,3-4,12,14H2/t16-,17-,24-,25-/m0/s1. The molecule has 2 bridgehead atoms. The Bertz CT molecular complexity index is 1510. The van der Waals surface area contributed by atoms with Gasteiger partial charge in [0.05, 0.1) is 21.9 Å². The highest BCUT2D eigenvalue weighted by molar-refractivity contribution is 7.12. The molecule has 8 nitrogen and oxygen atoms in total. The number of hydrogen-bond donors (Lipinski definition) is 0. The van der Waals surface area contributed by atoms with E-state index in [-0.39, 0.29) is 38.8 Å². The van der Waals surface area contributed by atoms with Gasteiger partial charge in [0.1, 0.15) is 17.2 Å². The van der Waals surface area contributed by atoms with Crippen LogP contribution in [-0.4, -0.2) is 46.0 Å². The lowest BCUT2D eigenvalue weighted by Crippen LogP contribution is -2.52. The summed E-state index contributed by atoms with van der Waals surface area (Å²) < 4.78 is 5.34. The van der Waals surface area contributed by atoms with Crippen LogP contribution in [0.1, 0.15) is 49.7 Å². The third kappa shape index (κ3) is 4.62. The average Bonchev–Trinajstić information content (AvgIpc) is 3.75. The Morgan fingerprint density at radius 3 is 2.15 bits per heavy atom. The maximum atomic E-state index is 13.7. The van der Waals surface area contributed by atoms with Crippen molar-refractivity contribution < 1.29 is 28.7 Å². The molecule has 3 aliphatic rings. The molecular formula is C29H22Cl2N2O6S. The number of halogens is 2. The predicted molar refractivity (Wildman–Crippen MR) is 147 cm³/mol. The largest absolute Gasteiger partial charge is 0.422 e. The average molecular weight is 597 g/mol. The zero-order chi connectivity index (χ0) is 28.1. The summed E-state index contributed by atoms with van der Waals surface area (Å²) in [5, 5.41) is 3.92. The van der Waals surface area contributed by atoms with Crippen molar-refractivity contribution >= 4 is 64.0 Å². The molecule has 40 heavy (non-hydrogen) atoms. The summed E-state index contributed by atoms with van der Waals surface area (Å²) in [5.41, 5.74) is 0.292. The Morgan fingerprint density at radius 1 is 0.900 bits per heavy atom. The van der Waals surface area contributed by atoms with E-state index in [1.54, 1.807) is 17.5 Å². The second kappa shape index (κ2) is 10.5. The van der Waals surface area contributed by atoms with Crippen LogP contribution >= 0.6 is 34.5 Å². The maximum Gasteiger partial charge on any atom is 0.353 e. The lowest BCUT2D eigenvalue weighted by atomic mass is 9.81. The van der Waals surface area contributed by atoms with Crippen LogP contribution in [0.5, 0.6) is 5.75 Å². The van der Waals surface area contributed by atoms with E-state index in [2.05, 4.69) is 0 Å². The van der Waals surface area contributed by atoms with E-state index in [0.29, 0.717) is 4.88 Å². The number of hydrogen-bond acceptors (Lipinski definition) is 7. The van der Waals surface area contributed by atoms with Crippen LogP contribution in [0.15, 0.2) is 60.0 Å². The summed E-state index contributed by atoms with van der Waals surface area (Å²) in [4.78, 5) is 66.9. The first-order valence-corrected chi connectivity index (χ1v) is 14.4. The summed E-state index contributed by atoms with van der Waals surface area (Å²) in [6.07, 6.45) is 2.59. The number of rotatable bonds is 7. The normalized spacial score (nSPS) is 22.9. The molecular weight excluding hydrogens is 575 g/mol. The number of Topliss-reactive ketones (excluding diaryl/α,β-unsaturated/α-hetero) is 1. The fourth-order valence-electron chi connectivity index (χ4n) is 6.13. The highest BCUT2D eigenvalue weighted by Crippen LogP contribution is 2.56. The third-order valence-electron chi connectivity index (χ3n) is 7.95. The summed E-state index contributed by atoms with van der Waals surface area (Å²) in [6.45, 7) is -0.556. The van der Waals surface area contributed by atoms with Gasteiger partial charge in [0.2, 0.25) is 0 Å². The van der Waals surface area contributed by atoms with Gasteiger partial charge in [-0.1, -0.05) is 29.3 Å². The topological polar surface area (TPSA) is 101 Å². The third-order valence-corrected chi connectivity index (χ3v) is 9.54. The van der Waals surface area contributed by atoms with Crippen molar-refractivity contribution in [1.82, 2.24) is 10.0 Å². The van der Waals surface area contributed by atoms with E-state index in [4.69, 9.17) is 27.9 Å². The molecule has 3 aromatic rings. The molecule has 2 heterocycles. The molecule has 3 amide bonds. The smallest absolute Gasteiger partial charge is 0.353 e. The molecule has 1 saturated heterocycles. The minimum absolute atomic E-state index is 0.0821. The van der Waals surface area contributed by atoms with E-state index >= 15 is 0 Å². The predicted octanol–water partition coefficient (Wildman–Crippen LogP) is 5.55. The van der Waals surface area contributed by atoms with E-state index in [0.717, 1.165) is 29.3 Å². The summed E-state index contributed by atoms with van der Waals surface area (Å²) >= 11 is 13.4. The van der Waals surface area contributed by atoms with Gasteiger partial charge in [-0.3, -0.25) is 19.2 Å². The van der Waals surface area contributed by atoms with Gasteiger partial charge < -0.3 is 4.74 Å². The molecule has 4 atom stereocenters. The van der Waals surface area contributed by atoms with Gasteiger partial charge in [-0.15, -0.1) is 11.3 Å². The molecule has 1 aromatic heterocycles. The minimum atomic E-state index is -0.720. The molecule has 204 valence electrons. The molecule has 0 radical (unpaired) electrons. The first-order chi connectivity index (χ1) is 19.2. The van der Waals surface area contributed by atoms with Crippen molar-refractivity contribution in [3.8, 4) is 5.75 Å². The van der Waals surface area contributed by atoms with Crippen molar-refractivity contribution in [1.29, 1.82) is 0 Å². The van der Waals surface area contributed by atoms with Crippen LogP contribution in [0.2, 0.25) is 10.0 Å². The number of ether oxygens (including phenoxy) is 1. The van der Waals surface area contributed by atoms with Gasteiger partial charge in [-0.25, -0.2) is 9.80 Å². The molecule has 11 heteroatoms. The van der Waals surface area contributed by atoms with Crippen molar-refractivity contribution in [2.75, 3.05) is 6.54 Å². The molecule has 1 aliphatic heterocycles. The van der Waals surface area contributed by atoms with Gasteiger partial charge in [-0.2, -0.15) is 5.01 Å². The molecule has 2 saturated carbocycles. The van der Waals surface area contributed by atoms with Gasteiger partial charge in [-0.05, 0) is 85.0 Å². The second-order valence-electron chi connectivity index (χ2n) is 10.2. The van der Waals surface area contributed by atoms with Gasteiger partial charge in [0, 0.05) is 11.1 Å². The number of thiophene rings is 1. The highest BCUT2D eigenvalue weighted by atomic mass is 35.5. The van der Waals surface area contributed by atoms with Crippen LogP contribution in [-0.2, 0) is 9.59 Å².